The first kappa shape index (κ1) is 9.01. The van der Waals surface area contributed by atoms with Gasteiger partial charge in [0.15, 0.2) is 0 Å². The van der Waals surface area contributed by atoms with Gasteiger partial charge in [0.25, 0.3) is 0 Å². The molecule has 2 atom stereocenters. The van der Waals surface area contributed by atoms with E-state index in [1.54, 1.807) is 0 Å². The number of nitrogens with zero attached hydrogens (tertiary/aromatic N) is 2. The van der Waals surface area contributed by atoms with Crippen LogP contribution in [-0.4, -0.2) is 36.0 Å². The summed E-state index contributed by atoms with van der Waals surface area (Å²) in [5.41, 5.74) is 0. The Morgan fingerprint density at radius 3 is 3.08 bits per heavy atom. The van der Waals surface area contributed by atoms with Gasteiger partial charge in [-0.15, -0.1) is 0 Å². The Bertz CT molecular complexity index is 221. The van der Waals surface area contributed by atoms with Crippen molar-refractivity contribution < 1.29 is 4.79 Å². The van der Waals surface area contributed by atoms with Crippen molar-refractivity contribution in [3.8, 4) is 6.07 Å². The Labute approximate surface area is 72.2 Å². The number of hydrogen-bond donors (Lipinski definition) is 1. The molecule has 4 heteroatoms. The zero-order valence-corrected chi connectivity index (χ0v) is 7.37. The number of hydrogen-bond acceptors (Lipinski definition) is 3. The van der Waals surface area contributed by atoms with Crippen molar-refractivity contribution in [2.75, 3.05) is 13.1 Å². The van der Waals surface area contributed by atoms with Gasteiger partial charge in [-0.3, -0.25) is 9.69 Å². The van der Waals surface area contributed by atoms with Crippen LogP contribution in [0.5, 0.6) is 0 Å². The Hall–Kier alpha value is -1.08. The first-order valence-electron chi connectivity index (χ1n) is 4.10. The molecule has 0 bridgehead atoms. The average molecular weight is 167 g/mol. The molecule has 0 aromatic rings. The summed E-state index contributed by atoms with van der Waals surface area (Å²) in [6.45, 7) is 5.05. The summed E-state index contributed by atoms with van der Waals surface area (Å²) in [6, 6.07) is 1.78. The molecule has 1 rings (SSSR count). The van der Waals surface area contributed by atoms with Gasteiger partial charge in [-0.1, -0.05) is 0 Å². The van der Waals surface area contributed by atoms with Crippen LogP contribution < -0.4 is 5.32 Å². The van der Waals surface area contributed by atoms with Crippen molar-refractivity contribution in [2.24, 2.45) is 0 Å². The molecule has 0 radical (unpaired) electrons. The highest BCUT2D eigenvalue weighted by atomic mass is 16.2. The number of carbonyl (C=O) groups excluding carboxylic acids is 1. The minimum atomic E-state index is -0.175. The number of rotatable bonds is 1. The van der Waals surface area contributed by atoms with E-state index in [0.29, 0.717) is 6.54 Å². The maximum Gasteiger partial charge on any atom is 0.237 e. The third-order valence-electron chi connectivity index (χ3n) is 2.23. The summed E-state index contributed by atoms with van der Waals surface area (Å²) in [5, 5.41) is 11.4. The van der Waals surface area contributed by atoms with E-state index in [2.05, 4.69) is 11.4 Å². The lowest BCUT2D eigenvalue weighted by Gasteiger charge is -2.34. The second-order valence-corrected chi connectivity index (χ2v) is 3.01. The van der Waals surface area contributed by atoms with Gasteiger partial charge < -0.3 is 5.32 Å². The Morgan fingerprint density at radius 2 is 2.50 bits per heavy atom. The van der Waals surface area contributed by atoms with E-state index in [1.165, 1.54) is 0 Å². The monoisotopic (exact) mass is 167 g/mol. The first-order chi connectivity index (χ1) is 5.66. The minimum Gasteiger partial charge on any atom is -0.353 e. The van der Waals surface area contributed by atoms with Gasteiger partial charge in [0, 0.05) is 13.1 Å². The van der Waals surface area contributed by atoms with Crippen molar-refractivity contribution in [1.29, 1.82) is 5.26 Å². The molecule has 0 spiro atoms. The molecule has 1 aliphatic rings. The van der Waals surface area contributed by atoms with Crippen LogP contribution in [0, 0.1) is 11.3 Å². The molecule has 1 heterocycles. The van der Waals surface area contributed by atoms with Crippen LogP contribution in [0.15, 0.2) is 0 Å². The molecule has 0 aromatic heterocycles. The number of nitrogens with one attached hydrogen (secondary N) is 1. The third kappa shape index (κ3) is 1.56. The fourth-order valence-corrected chi connectivity index (χ4v) is 1.40. The average Bonchev–Trinajstić information content (AvgIpc) is 2.08. The lowest BCUT2D eigenvalue weighted by Crippen LogP contribution is -2.56. The maximum absolute atomic E-state index is 11.2. The molecule has 0 aliphatic carbocycles. The van der Waals surface area contributed by atoms with E-state index in [0.717, 1.165) is 6.54 Å². The molecule has 1 fully saturated rings. The van der Waals surface area contributed by atoms with Crippen LogP contribution in [0.1, 0.15) is 13.8 Å². The zero-order valence-electron chi connectivity index (χ0n) is 7.37. The normalized spacial score (nSPS) is 27.4. The van der Waals surface area contributed by atoms with Gasteiger partial charge in [-0.2, -0.15) is 5.26 Å². The van der Waals surface area contributed by atoms with E-state index >= 15 is 0 Å². The van der Waals surface area contributed by atoms with Crippen LogP contribution >= 0.6 is 0 Å². The van der Waals surface area contributed by atoms with Crippen molar-refractivity contribution in [3.63, 3.8) is 0 Å². The van der Waals surface area contributed by atoms with Gasteiger partial charge in [0.2, 0.25) is 5.91 Å². The fourth-order valence-electron chi connectivity index (χ4n) is 1.40. The second kappa shape index (κ2) is 3.55. The standard InChI is InChI=1S/C8H13N3O/c1-6(5-9)11-4-3-10-8(12)7(11)2/h6-7H,3-4H2,1-2H3,(H,10,12). The minimum absolute atomic E-state index is 0.0170. The number of piperazine rings is 1. The molecular weight excluding hydrogens is 154 g/mol. The first-order valence-corrected chi connectivity index (χ1v) is 4.10. The molecule has 1 saturated heterocycles. The van der Waals surface area contributed by atoms with E-state index < -0.39 is 0 Å². The third-order valence-corrected chi connectivity index (χ3v) is 2.23. The highest BCUT2D eigenvalue weighted by Crippen LogP contribution is 2.07. The summed E-state index contributed by atoms with van der Waals surface area (Å²) < 4.78 is 0. The molecule has 1 amide bonds. The van der Waals surface area contributed by atoms with Crippen molar-refractivity contribution in [1.82, 2.24) is 10.2 Å². The lowest BCUT2D eigenvalue weighted by atomic mass is 10.1. The van der Waals surface area contributed by atoms with Crippen LogP contribution in [0.4, 0.5) is 0 Å². The van der Waals surface area contributed by atoms with E-state index in [9.17, 15) is 4.79 Å². The van der Waals surface area contributed by atoms with Gasteiger partial charge in [-0.05, 0) is 13.8 Å². The summed E-state index contributed by atoms with van der Waals surface area (Å²) >= 11 is 0. The van der Waals surface area contributed by atoms with Gasteiger partial charge in [-0.25, -0.2) is 0 Å². The highest BCUT2D eigenvalue weighted by Gasteiger charge is 2.28. The number of amides is 1. The van der Waals surface area contributed by atoms with Gasteiger partial charge in [0.05, 0.1) is 18.2 Å². The maximum atomic E-state index is 11.2. The molecule has 4 nitrogen and oxygen atoms in total. The fraction of sp³-hybridized carbons (Fsp3) is 0.750. The number of nitriles is 1. The van der Waals surface area contributed by atoms with Gasteiger partial charge in [0.1, 0.15) is 0 Å². The predicted molar refractivity (Wildman–Crippen MR) is 44.3 cm³/mol. The smallest absolute Gasteiger partial charge is 0.237 e. The quantitative estimate of drug-likeness (QED) is 0.584. The van der Waals surface area contributed by atoms with Crippen LogP contribution in [0.25, 0.3) is 0 Å². The van der Waals surface area contributed by atoms with Crippen molar-refractivity contribution >= 4 is 5.91 Å². The predicted octanol–water partition coefficient (Wildman–Crippen LogP) is -0.281. The highest BCUT2D eigenvalue weighted by molar-refractivity contribution is 5.82. The lowest BCUT2D eigenvalue weighted by molar-refractivity contribution is -0.128. The summed E-state index contributed by atoms with van der Waals surface area (Å²) in [7, 11) is 0. The van der Waals surface area contributed by atoms with E-state index in [1.807, 2.05) is 18.7 Å². The molecule has 0 saturated carbocycles. The second-order valence-electron chi connectivity index (χ2n) is 3.01. The number of carbonyl (C=O) groups is 1. The van der Waals surface area contributed by atoms with E-state index in [-0.39, 0.29) is 18.0 Å². The molecule has 0 aromatic carbocycles. The van der Waals surface area contributed by atoms with Crippen molar-refractivity contribution in [3.05, 3.63) is 0 Å². The molecule has 1 aliphatic heterocycles. The van der Waals surface area contributed by atoms with Crippen LogP contribution in [0.3, 0.4) is 0 Å². The largest absolute Gasteiger partial charge is 0.353 e. The zero-order chi connectivity index (χ0) is 9.14. The summed E-state index contributed by atoms with van der Waals surface area (Å²) in [6.07, 6.45) is 0. The van der Waals surface area contributed by atoms with Crippen molar-refractivity contribution in [2.45, 2.75) is 25.9 Å². The Morgan fingerprint density at radius 1 is 1.83 bits per heavy atom. The van der Waals surface area contributed by atoms with Gasteiger partial charge >= 0.3 is 0 Å². The van der Waals surface area contributed by atoms with Crippen LogP contribution in [0.2, 0.25) is 0 Å². The molecule has 2 unspecified atom stereocenters. The topological polar surface area (TPSA) is 56.1 Å². The molecular formula is C8H13N3O. The van der Waals surface area contributed by atoms with Crippen LogP contribution in [-0.2, 0) is 4.79 Å². The summed E-state index contributed by atoms with van der Waals surface area (Å²) in [5.74, 6) is 0.0170. The van der Waals surface area contributed by atoms with E-state index in [4.69, 9.17) is 5.26 Å². The molecule has 1 N–H and O–H groups in total. The SMILES string of the molecule is CC(C#N)N1CCNC(=O)C1C. The Balaban J connectivity index is 2.65. The summed E-state index contributed by atoms with van der Waals surface area (Å²) in [4.78, 5) is 13.1. The Kier molecular flexibility index (Phi) is 2.66. The molecule has 66 valence electrons. The molecule has 12 heavy (non-hydrogen) atoms.